The van der Waals surface area contributed by atoms with Gasteiger partial charge in [-0.25, -0.2) is 0 Å². The maximum atomic E-state index is 4.26. The number of hydrogen-bond acceptors (Lipinski definition) is 2. The molecule has 12 heavy (non-hydrogen) atoms. The predicted molar refractivity (Wildman–Crippen MR) is 51.0 cm³/mol. The zero-order valence-electron chi connectivity index (χ0n) is 7.80. The lowest BCUT2D eigenvalue weighted by Gasteiger charge is -2.14. The summed E-state index contributed by atoms with van der Waals surface area (Å²) in [5, 5.41) is 3.28. The van der Waals surface area contributed by atoms with E-state index in [0.29, 0.717) is 0 Å². The molecule has 0 atom stereocenters. The fraction of sp³-hybridized carbons (Fsp3) is 0.500. The molecule has 0 aromatic carbocycles. The first kappa shape index (κ1) is 9.20. The molecule has 1 aromatic rings. The molecule has 0 unspecified atom stereocenters. The molecular weight excluding hydrogens is 148 g/mol. The Balaban J connectivity index is 0.000000336. The Labute approximate surface area is 74.0 Å². The number of fused-ring (bicyclic) bond motifs is 1. The lowest BCUT2D eigenvalue weighted by molar-refractivity contribution is 0.627. The summed E-state index contributed by atoms with van der Waals surface area (Å²) in [6.45, 7) is 6.04. The van der Waals surface area contributed by atoms with E-state index in [1.165, 1.54) is 11.3 Å². The molecule has 2 heteroatoms. The summed E-state index contributed by atoms with van der Waals surface area (Å²) in [6.07, 6.45) is 2.98. The van der Waals surface area contributed by atoms with Crippen LogP contribution in [0.3, 0.4) is 0 Å². The van der Waals surface area contributed by atoms with Gasteiger partial charge in [-0.3, -0.25) is 4.98 Å². The van der Waals surface area contributed by atoms with Crippen molar-refractivity contribution in [3.63, 3.8) is 0 Å². The number of nitrogens with one attached hydrogen (secondary N) is 1. The molecule has 66 valence electrons. The van der Waals surface area contributed by atoms with Crippen molar-refractivity contribution in [3.05, 3.63) is 29.6 Å². The lowest BCUT2D eigenvalue weighted by Crippen LogP contribution is -2.24. The van der Waals surface area contributed by atoms with Gasteiger partial charge in [0.15, 0.2) is 0 Å². The smallest absolute Gasteiger partial charge is 0.0574 e. The Hall–Kier alpha value is -0.890. The van der Waals surface area contributed by atoms with Crippen molar-refractivity contribution in [2.45, 2.75) is 26.8 Å². The van der Waals surface area contributed by atoms with Gasteiger partial charge in [0.05, 0.1) is 5.69 Å². The molecule has 0 spiro atoms. The Morgan fingerprint density at radius 3 is 3.00 bits per heavy atom. The van der Waals surface area contributed by atoms with Crippen LogP contribution in [0.1, 0.15) is 25.1 Å². The molecule has 1 aliphatic heterocycles. The fourth-order valence-electron chi connectivity index (χ4n) is 1.29. The van der Waals surface area contributed by atoms with Crippen LogP contribution in [0.5, 0.6) is 0 Å². The molecule has 1 N–H and O–H groups in total. The van der Waals surface area contributed by atoms with E-state index in [1.807, 2.05) is 26.1 Å². The van der Waals surface area contributed by atoms with Gasteiger partial charge in [0.1, 0.15) is 0 Å². The molecule has 0 aliphatic carbocycles. The average Bonchev–Trinajstić information content (AvgIpc) is 2.21. The van der Waals surface area contributed by atoms with Crippen LogP contribution in [0.15, 0.2) is 18.3 Å². The maximum absolute atomic E-state index is 4.26. The molecule has 1 aliphatic rings. The van der Waals surface area contributed by atoms with Gasteiger partial charge < -0.3 is 5.32 Å². The van der Waals surface area contributed by atoms with Gasteiger partial charge in [0, 0.05) is 12.7 Å². The second kappa shape index (κ2) is 4.88. The standard InChI is InChI=1S/C8H10N2.C2H6/c1-2-7-3-5-9-6-8(7)10-4-1;1-2/h1-2,4,9H,3,5-6H2;1-2H3. The van der Waals surface area contributed by atoms with E-state index in [-0.39, 0.29) is 0 Å². The van der Waals surface area contributed by atoms with E-state index >= 15 is 0 Å². The SMILES string of the molecule is CC.c1cnc2c(c1)CCNC2. The van der Waals surface area contributed by atoms with Crippen LogP contribution in [0.25, 0.3) is 0 Å². The summed E-state index contributed by atoms with van der Waals surface area (Å²) >= 11 is 0. The highest BCUT2D eigenvalue weighted by Crippen LogP contribution is 2.08. The summed E-state index contributed by atoms with van der Waals surface area (Å²) in [6, 6.07) is 4.16. The van der Waals surface area contributed by atoms with Gasteiger partial charge in [-0.2, -0.15) is 0 Å². The molecule has 0 saturated carbocycles. The quantitative estimate of drug-likeness (QED) is 0.632. The van der Waals surface area contributed by atoms with Crippen molar-refractivity contribution in [1.82, 2.24) is 10.3 Å². The van der Waals surface area contributed by atoms with Gasteiger partial charge in [-0.05, 0) is 24.6 Å². The second-order valence-electron chi connectivity index (χ2n) is 2.54. The normalized spacial score (nSPS) is 14.2. The average molecular weight is 164 g/mol. The first-order chi connectivity index (χ1) is 5.97. The Morgan fingerprint density at radius 1 is 1.42 bits per heavy atom. The third-order valence-corrected chi connectivity index (χ3v) is 1.85. The molecule has 0 bridgehead atoms. The molecule has 0 saturated heterocycles. The van der Waals surface area contributed by atoms with Gasteiger partial charge in [0.2, 0.25) is 0 Å². The van der Waals surface area contributed by atoms with Crippen LogP contribution in [0, 0.1) is 0 Å². The highest BCUT2D eigenvalue weighted by Gasteiger charge is 2.06. The molecule has 1 aromatic heterocycles. The minimum Gasteiger partial charge on any atom is -0.311 e. The second-order valence-corrected chi connectivity index (χ2v) is 2.54. The van der Waals surface area contributed by atoms with Crippen LogP contribution in [-0.4, -0.2) is 11.5 Å². The summed E-state index contributed by atoms with van der Waals surface area (Å²) in [7, 11) is 0. The van der Waals surface area contributed by atoms with Crippen molar-refractivity contribution in [3.8, 4) is 0 Å². The fourth-order valence-corrected chi connectivity index (χ4v) is 1.29. The first-order valence-electron chi connectivity index (χ1n) is 4.60. The minimum absolute atomic E-state index is 0.941. The van der Waals surface area contributed by atoms with Crippen LogP contribution >= 0.6 is 0 Å². The minimum atomic E-state index is 0.941. The van der Waals surface area contributed by atoms with Crippen LogP contribution in [-0.2, 0) is 13.0 Å². The Kier molecular flexibility index (Phi) is 3.74. The molecule has 2 rings (SSSR count). The molecular formula is C10H16N2. The lowest BCUT2D eigenvalue weighted by atomic mass is 10.1. The Bertz CT molecular complexity index is 208. The monoisotopic (exact) mass is 164 g/mol. The van der Waals surface area contributed by atoms with Crippen molar-refractivity contribution in [2.24, 2.45) is 0 Å². The largest absolute Gasteiger partial charge is 0.311 e. The van der Waals surface area contributed by atoms with Gasteiger partial charge in [0.25, 0.3) is 0 Å². The topological polar surface area (TPSA) is 24.9 Å². The highest BCUT2D eigenvalue weighted by molar-refractivity contribution is 5.21. The number of pyridine rings is 1. The zero-order chi connectivity index (χ0) is 8.81. The van der Waals surface area contributed by atoms with E-state index in [9.17, 15) is 0 Å². The van der Waals surface area contributed by atoms with E-state index in [4.69, 9.17) is 0 Å². The van der Waals surface area contributed by atoms with Crippen LogP contribution in [0.4, 0.5) is 0 Å². The number of aromatic nitrogens is 1. The number of hydrogen-bond donors (Lipinski definition) is 1. The van der Waals surface area contributed by atoms with Crippen molar-refractivity contribution >= 4 is 0 Å². The first-order valence-corrected chi connectivity index (χ1v) is 4.60. The van der Waals surface area contributed by atoms with Crippen LogP contribution in [0.2, 0.25) is 0 Å². The van der Waals surface area contributed by atoms with Gasteiger partial charge >= 0.3 is 0 Å². The molecule has 2 heterocycles. The van der Waals surface area contributed by atoms with E-state index in [1.54, 1.807) is 0 Å². The summed E-state index contributed by atoms with van der Waals surface area (Å²) in [4.78, 5) is 4.26. The summed E-state index contributed by atoms with van der Waals surface area (Å²) in [5.41, 5.74) is 2.62. The van der Waals surface area contributed by atoms with Crippen LogP contribution < -0.4 is 5.32 Å². The van der Waals surface area contributed by atoms with Crippen molar-refractivity contribution < 1.29 is 0 Å². The van der Waals surface area contributed by atoms with E-state index < -0.39 is 0 Å². The van der Waals surface area contributed by atoms with Crippen molar-refractivity contribution in [2.75, 3.05) is 6.54 Å². The summed E-state index contributed by atoms with van der Waals surface area (Å²) in [5.74, 6) is 0. The molecule has 0 fully saturated rings. The summed E-state index contributed by atoms with van der Waals surface area (Å²) < 4.78 is 0. The Morgan fingerprint density at radius 2 is 2.25 bits per heavy atom. The molecule has 2 nitrogen and oxygen atoms in total. The highest BCUT2D eigenvalue weighted by atomic mass is 14.9. The van der Waals surface area contributed by atoms with E-state index in [2.05, 4.69) is 16.4 Å². The number of rotatable bonds is 0. The number of nitrogens with zero attached hydrogens (tertiary/aromatic N) is 1. The zero-order valence-corrected chi connectivity index (χ0v) is 7.80. The van der Waals surface area contributed by atoms with Gasteiger partial charge in [-0.15, -0.1) is 0 Å². The van der Waals surface area contributed by atoms with Crippen molar-refractivity contribution in [1.29, 1.82) is 0 Å². The maximum Gasteiger partial charge on any atom is 0.0574 e. The van der Waals surface area contributed by atoms with Gasteiger partial charge in [-0.1, -0.05) is 19.9 Å². The predicted octanol–water partition coefficient (Wildman–Crippen LogP) is 1.75. The molecule has 0 amide bonds. The molecule has 0 radical (unpaired) electrons. The third kappa shape index (κ3) is 2.05. The van der Waals surface area contributed by atoms with E-state index in [0.717, 1.165) is 19.5 Å². The third-order valence-electron chi connectivity index (χ3n) is 1.85.